The smallest absolute Gasteiger partial charge is 0.255 e. The van der Waals surface area contributed by atoms with E-state index in [1.54, 1.807) is 0 Å². The highest BCUT2D eigenvalue weighted by Crippen LogP contribution is 2.23. The van der Waals surface area contributed by atoms with Crippen molar-refractivity contribution in [2.45, 2.75) is 51.0 Å². The Morgan fingerprint density at radius 3 is 2.31 bits per heavy atom. The molecule has 0 bridgehead atoms. The first-order chi connectivity index (χ1) is 20.4. The van der Waals surface area contributed by atoms with E-state index in [1.807, 2.05) is 0 Å². The van der Waals surface area contributed by atoms with E-state index in [0.29, 0.717) is 57.9 Å². The SMILES string of the molecule is [N-]=[N+]=Nc1ccc(C(=O)NCCCCNC(=O)CSCCCNC(=O)C(CCCNCCCN)NCCCN)c(O)c1. The Kier molecular flexibility index (Phi) is 21.6. The van der Waals surface area contributed by atoms with Gasteiger partial charge in [0.05, 0.1) is 17.4 Å². The second kappa shape index (κ2) is 24.5. The molecule has 1 atom stereocenters. The number of nitrogens with one attached hydrogen (secondary N) is 5. The molecule has 0 saturated carbocycles. The van der Waals surface area contributed by atoms with Gasteiger partial charge in [-0.05, 0) is 101 Å². The fourth-order valence-electron chi connectivity index (χ4n) is 3.81. The van der Waals surface area contributed by atoms with Crippen molar-refractivity contribution in [3.63, 3.8) is 0 Å². The topological polar surface area (TPSA) is 232 Å². The summed E-state index contributed by atoms with van der Waals surface area (Å²) >= 11 is 1.52. The number of phenolic OH excluding ortho intramolecular Hbond substituents is 1. The van der Waals surface area contributed by atoms with E-state index in [0.717, 1.165) is 50.9 Å². The number of thioether (sulfide) groups is 1. The predicted octanol–water partition coefficient (Wildman–Crippen LogP) is 1.23. The maximum Gasteiger partial charge on any atom is 0.255 e. The molecule has 1 aromatic carbocycles. The van der Waals surface area contributed by atoms with Crippen LogP contribution in [0.3, 0.4) is 0 Å². The van der Waals surface area contributed by atoms with Crippen LogP contribution >= 0.6 is 11.8 Å². The first kappa shape index (κ1) is 37.0. The summed E-state index contributed by atoms with van der Waals surface area (Å²) < 4.78 is 0. The minimum absolute atomic E-state index is 0.00653. The molecule has 42 heavy (non-hydrogen) atoms. The Balaban J connectivity index is 2.12. The van der Waals surface area contributed by atoms with Crippen LogP contribution in [0.25, 0.3) is 10.4 Å². The third-order valence-corrected chi connectivity index (χ3v) is 7.13. The molecule has 0 radical (unpaired) electrons. The van der Waals surface area contributed by atoms with Gasteiger partial charge in [-0.3, -0.25) is 14.4 Å². The number of aromatic hydroxyl groups is 1. The molecular formula is C27H48N10O4S. The van der Waals surface area contributed by atoms with Gasteiger partial charge >= 0.3 is 0 Å². The number of rotatable bonds is 25. The lowest BCUT2D eigenvalue weighted by atomic mass is 10.1. The van der Waals surface area contributed by atoms with Crippen LogP contribution in [-0.4, -0.2) is 92.7 Å². The number of nitrogens with two attached hydrogens (primary N) is 2. The van der Waals surface area contributed by atoms with Crippen molar-refractivity contribution in [2.75, 3.05) is 63.9 Å². The summed E-state index contributed by atoms with van der Waals surface area (Å²) in [7, 11) is 0. The summed E-state index contributed by atoms with van der Waals surface area (Å²) in [5.41, 5.74) is 19.8. The number of phenols is 1. The van der Waals surface area contributed by atoms with Gasteiger partial charge in [0.15, 0.2) is 0 Å². The lowest BCUT2D eigenvalue weighted by molar-refractivity contribution is -0.123. The number of nitrogens with zero attached hydrogens (tertiary/aromatic N) is 3. The summed E-state index contributed by atoms with van der Waals surface area (Å²) in [6.45, 7) is 5.12. The van der Waals surface area contributed by atoms with E-state index in [1.165, 1.54) is 30.0 Å². The van der Waals surface area contributed by atoms with Gasteiger partial charge in [-0.15, -0.1) is 0 Å². The van der Waals surface area contributed by atoms with E-state index < -0.39 is 5.91 Å². The first-order valence-corrected chi connectivity index (χ1v) is 15.7. The number of unbranched alkanes of at least 4 members (excludes halogenated alkanes) is 1. The summed E-state index contributed by atoms with van der Waals surface area (Å²) in [5.74, 6) is 0.349. The predicted molar refractivity (Wildman–Crippen MR) is 168 cm³/mol. The van der Waals surface area contributed by atoms with Crippen LogP contribution in [0.1, 0.15) is 55.3 Å². The van der Waals surface area contributed by atoms with E-state index in [9.17, 15) is 19.5 Å². The van der Waals surface area contributed by atoms with Crippen LogP contribution in [0.5, 0.6) is 5.75 Å². The molecule has 1 aromatic rings. The summed E-state index contributed by atoms with van der Waals surface area (Å²) in [6, 6.07) is 3.82. The zero-order valence-corrected chi connectivity index (χ0v) is 25.2. The normalized spacial score (nSPS) is 11.4. The molecular weight excluding hydrogens is 560 g/mol. The Labute approximate surface area is 252 Å². The van der Waals surface area contributed by atoms with E-state index in [4.69, 9.17) is 17.0 Å². The number of hydrogen-bond donors (Lipinski definition) is 8. The molecule has 0 aliphatic rings. The largest absolute Gasteiger partial charge is 0.507 e. The molecule has 3 amide bonds. The van der Waals surface area contributed by atoms with Crippen LogP contribution in [0, 0.1) is 0 Å². The lowest BCUT2D eigenvalue weighted by Gasteiger charge is -2.18. The zero-order chi connectivity index (χ0) is 30.8. The van der Waals surface area contributed by atoms with Crippen LogP contribution in [0.15, 0.2) is 23.3 Å². The third-order valence-electron chi connectivity index (χ3n) is 6.09. The molecule has 1 unspecified atom stereocenters. The van der Waals surface area contributed by atoms with Crippen molar-refractivity contribution in [1.29, 1.82) is 0 Å². The first-order valence-electron chi connectivity index (χ1n) is 14.6. The Morgan fingerprint density at radius 1 is 0.905 bits per heavy atom. The van der Waals surface area contributed by atoms with Gasteiger partial charge in [0.1, 0.15) is 5.75 Å². The van der Waals surface area contributed by atoms with Crippen LogP contribution in [0.4, 0.5) is 5.69 Å². The number of azide groups is 1. The molecule has 0 saturated heterocycles. The molecule has 10 N–H and O–H groups in total. The quantitative estimate of drug-likeness (QED) is 0.0344. The van der Waals surface area contributed by atoms with E-state index in [2.05, 4.69) is 36.6 Å². The summed E-state index contributed by atoms with van der Waals surface area (Å²) in [5, 5.41) is 28.5. The van der Waals surface area contributed by atoms with Crippen molar-refractivity contribution >= 4 is 35.2 Å². The van der Waals surface area contributed by atoms with Crippen molar-refractivity contribution in [1.82, 2.24) is 26.6 Å². The molecule has 0 heterocycles. The Morgan fingerprint density at radius 2 is 1.60 bits per heavy atom. The number of carbonyl (C=O) groups is 3. The summed E-state index contributed by atoms with van der Waals surface area (Å²) in [6.07, 6.45) is 5.49. The van der Waals surface area contributed by atoms with Gasteiger partial charge < -0.3 is 43.2 Å². The number of benzene rings is 1. The van der Waals surface area contributed by atoms with Gasteiger partial charge in [0.25, 0.3) is 5.91 Å². The molecule has 0 aliphatic carbocycles. The molecule has 14 nitrogen and oxygen atoms in total. The summed E-state index contributed by atoms with van der Waals surface area (Å²) in [4.78, 5) is 39.5. The van der Waals surface area contributed by atoms with Crippen molar-refractivity contribution < 1.29 is 19.5 Å². The molecule has 0 aromatic heterocycles. The van der Waals surface area contributed by atoms with Crippen LogP contribution in [-0.2, 0) is 9.59 Å². The molecule has 0 fully saturated rings. The minimum atomic E-state index is -0.429. The highest BCUT2D eigenvalue weighted by atomic mass is 32.2. The fourth-order valence-corrected chi connectivity index (χ4v) is 4.59. The standard InChI is InChI=1S/C27H48N10O4S/c28-10-4-13-31-12-3-7-23(32-16-5-11-29)27(41)35-17-6-18-42-20-25(39)33-14-1-2-15-34-26(40)22-9-8-21(36-37-30)19-24(22)38/h8-9,19,23,31-32,38H,1-7,10-18,20,28-29H2,(H,33,39)(H,34,40)(H,35,41). The van der Waals surface area contributed by atoms with Crippen LogP contribution in [0.2, 0.25) is 0 Å². The third kappa shape index (κ3) is 17.7. The van der Waals surface area contributed by atoms with E-state index in [-0.39, 0.29) is 34.9 Å². The monoisotopic (exact) mass is 608 g/mol. The molecule has 15 heteroatoms. The van der Waals surface area contributed by atoms with Gasteiger partial charge in [0.2, 0.25) is 11.8 Å². The van der Waals surface area contributed by atoms with Gasteiger partial charge in [0, 0.05) is 30.2 Å². The van der Waals surface area contributed by atoms with Gasteiger partial charge in [-0.2, -0.15) is 11.8 Å². The van der Waals surface area contributed by atoms with Gasteiger partial charge in [-0.1, -0.05) is 11.2 Å². The number of hydrogen-bond acceptors (Lipinski definition) is 10. The Bertz CT molecular complexity index is 978. The van der Waals surface area contributed by atoms with Gasteiger partial charge in [-0.25, -0.2) is 0 Å². The lowest BCUT2D eigenvalue weighted by Crippen LogP contribution is -2.45. The molecule has 1 rings (SSSR count). The minimum Gasteiger partial charge on any atom is -0.507 e. The number of amides is 3. The fraction of sp³-hybridized carbons (Fsp3) is 0.667. The highest BCUT2D eigenvalue weighted by Gasteiger charge is 2.16. The maximum atomic E-state index is 12.6. The molecule has 0 spiro atoms. The highest BCUT2D eigenvalue weighted by molar-refractivity contribution is 7.99. The zero-order valence-electron chi connectivity index (χ0n) is 24.4. The van der Waals surface area contributed by atoms with Crippen molar-refractivity contribution in [2.24, 2.45) is 16.6 Å². The number of carbonyl (C=O) groups excluding carboxylic acids is 3. The average molecular weight is 609 g/mol. The van der Waals surface area contributed by atoms with E-state index >= 15 is 0 Å². The van der Waals surface area contributed by atoms with Crippen LogP contribution < -0.4 is 38.1 Å². The van der Waals surface area contributed by atoms with Crippen molar-refractivity contribution in [3.05, 3.63) is 34.2 Å². The second-order valence-corrected chi connectivity index (χ2v) is 10.7. The van der Waals surface area contributed by atoms with Crippen molar-refractivity contribution in [3.8, 4) is 5.75 Å². The molecule has 236 valence electrons. The molecule has 0 aliphatic heterocycles. The Hall–Kier alpha value is -3.07. The second-order valence-electron chi connectivity index (χ2n) is 9.58. The average Bonchev–Trinajstić information content (AvgIpc) is 2.97. The maximum absolute atomic E-state index is 12.6.